The van der Waals surface area contributed by atoms with Gasteiger partial charge in [0.2, 0.25) is 0 Å². The highest BCUT2D eigenvalue weighted by molar-refractivity contribution is 6.16. The minimum atomic E-state index is -0.250. The summed E-state index contributed by atoms with van der Waals surface area (Å²) >= 11 is 0. The van der Waals surface area contributed by atoms with Gasteiger partial charge in [-0.3, -0.25) is 14.9 Å². The maximum absolute atomic E-state index is 11.5. The van der Waals surface area contributed by atoms with Crippen molar-refractivity contribution in [2.75, 3.05) is 0 Å². The van der Waals surface area contributed by atoms with Gasteiger partial charge in [0, 0.05) is 11.6 Å². The second kappa shape index (κ2) is 24.6. The van der Waals surface area contributed by atoms with Crippen molar-refractivity contribution in [3.05, 3.63) is 11.6 Å². The van der Waals surface area contributed by atoms with Crippen LogP contribution in [0.5, 0.6) is 0 Å². The molecule has 0 spiro atoms. The first-order chi connectivity index (χ1) is 17.2. The average molecular weight is 490 g/mol. The van der Waals surface area contributed by atoms with E-state index in [-0.39, 0.29) is 11.8 Å². The Kier molecular flexibility index (Phi) is 22.4. The number of hydrogen-bond acceptors (Lipinski definition) is 2. The van der Waals surface area contributed by atoms with Gasteiger partial charge in [-0.25, -0.2) is 0 Å². The number of unbranched alkanes of at least 4 members (excludes halogenated alkanes) is 25. The molecule has 0 radical (unpaired) electrons. The first kappa shape index (κ1) is 31.9. The minimum Gasteiger partial charge on any atom is -0.289 e. The van der Waals surface area contributed by atoms with Gasteiger partial charge in [0.1, 0.15) is 0 Å². The van der Waals surface area contributed by atoms with E-state index in [0.29, 0.717) is 5.57 Å². The van der Waals surface area contributed by atoms with Gasteiger partial charge in [0.05, 0.1) is 0 Å². The van der Waals surface area contributed by atoms with Gasteiger partial charge < -0.3 is 0 Å². The summed E-state index contributed by atoms with van der Waals surface area (Å²) < 4.78 is 0. The molecule has 0 aromatic rings. The molecule has 1 rings (SSSR count). The molecule has 0 saturated carbocycles. The molecule has 1 aliphatic heterocycles. The molecular weight excluding hydrogens is 430 g/mol. The molecule has 204 valence electrons. The van der Waals surface area contributed by atoms with E-state index in [1.54, 1.807) is 0 Å². The molecule has 0 fully saturated rings. The Hall–Kier alpha value is -1.12. The molecular formula is C32H59NO2. The van der Waals surface area contributed by atoms with Crippen molar-refractivity contribution < 1.29 is 9.59 Å². The van der Waals surface area contributed by atoms with Crippen LogP contribution in [0, 0.1) is 0 Å². The van der Waals surface area contributed by atoms with Crippen LogP contribution in [0.4, 0.5) is 0 Å². The summed E-state index contributed by atoms with van der Waals surface area (Å²) in [7, 11) is 0. The SMILES string of the molecule is CCCCCCCCCCCCCCCCCCCCCCCCCCCCC1=CC(=O)NC1=O. The van der Waals surface area contributed by atoms with Crippen LogP contribution in [-0.4, -0.2) is 11.8 Å². The van der Waals surface area contributed by atoms with Crippen molar-refractivity contribution in [3.63, 3.8) is 0 Å². The van der Waals surface area contributed by atoms with E-state index < -0.39 is 0 Å². The summed E-state index contributed by atoms with van der Waals surface area (Å²) in [5, 5.41) is 2.32. The predicted molar refractivity (Wildman–Crippen MR) is 152 cm³/mol. The fourth-order valence-corrected chi connectivity index (χ4v) is 5.27. The molecule has 2 amide bonds. The molecule has 0 atom stereocenters. The van der Waals surface area contributed by atoms with Crippen LogP contribution in [0.3, 0.4) is 0 Å². The van der Waals surface area contributed by atoms with Gasteiger partial charge in [-0.1, -0.05) is 167 Å². The Morgan fingerprint density at radius 1 is 0.457 bits per heavy atom. The minimum absolute atomic E-state index is 0.186. The van der Waals surface area contributed by atoms with Crippen LogP contribution in [-0.2, 0) is 9.59 Å². The summed E-state index contributed by atoms with van der Waals surface area (Å²) in [6, 6.07) is 0. The summed E-state index contributed by atoms with van der Waals surface area (Å²) in [6.07, 6.45) is 38.6. The third-order valence-corrected chi connectivity index (χ3v) is 7.63. The van der Waals surface area contributed by atoms with E-state index in [1.165, 1.54) is 160 Å². The number of hydrogen-bond donors (Lipinski definition) is 1. The normalized spacial score (nSPS) is 13.5. The average Bonchev–Trinajstić information content (AvgIpc) is 3.17. The van der Waals surface area contributed by atoms with Crippen molar-refractivity contribution >= 4 is 11.8 Å². The summed E-state index contributed by atoms with van der Waals surface area (Å²) in [4.78, 5) is 22.6. The Labute approximate surface area is 218 Å². The molecule has 3 heteroatoms. The van der Waals surface area contributed by atoms with Gasteiger partial charge in [-0.15, -0.1) is 0 Å². The number of imide groups is 1. The molecule has 1 aliphatic rings. The zero-order valence-electron chi connectivity index (χ0n) is 23.5. The van der Waals surface area contributed by atoms with Gasteiger partial charge in [-0.05, 0) is 12.8 Å². The monoisotopic (exact) mass is 489 g/mol. The highest BCUT2D eigenvalue weighted by Crippen LogP contribution is 2.17. The van der Waals surface area contributed by atoms with Crippen LogP contribution >= 0.6 is 0 Å². The third kappa shape index (κ3) is 20.7. The lowest BCUT2D eigenvalue weighted by atomic mass is 10.0. The van der Waals surface area contributed by atoms with Crippen molar-refractivity contribution in [1.82, 2.24) is 5.32 Å². The van der Waals surface area contributed by atoms with E-state index in [2.05, 4.69) is 12.2 Å². The maximum atomic E-state index is 11.5. The van der Waals surface area contributed by atoms with Gasteiger partial charge >= 0.3 is 0 Å². The molecule has 1 heterocycles. The molecule has 1 N–H and O–H groups in total. The summed E-state index contributed by atoms with van der Waals surface area (Å²) in [5.41, 5.74) is 0.666. The van der Waals surface area contributed by atoms with E-state index in [0.717, 1.165) is 19.3 Å². The van der Waals surface area contributed by atoms with Crippen LogP contribution in [0.25, 0.3) is 0 Å². The predicted octanol–water partition coefficient (Wildman–Crippen LogP) is 10.1. The van der Waals surface area contributed by atoms with Gasteiger partial charge in [0.15, 0.2) is 0 Å². The highest BCUT2D eigenvalue weighted by Gasteiger charge is 2.19. The highest BCUT2D eigenvalue weighted by atomic mass is 16.2. The molecule has 0 unspecified atom stereocenters. The smallest absolute Gasteiger partial charge is 0.254 e. The number of nitrogens with one attached hydrogen (secondary N) is 1. The zero-order chi connectivity index (χ0) is 25.2. The Bertz CT molecular complexity index is 540. The number of carbonyl (C=O) groups excluding carboxylic acids is 2. The van der Waals surface area contributed by atoms with Gasteiger partial charge in [0.25, 0.3) is 11.8 Å². The van der Waals surface area contributed by atoms with Crippen molar-refractivity contribution in [2.24, 2.45) is 0 Å². The molecule has 0 aliphatic carbocycles. The lowest BCUT2D eigenvalue weighted by molar-refractivity contribution is -0.123. The lowest BCUT2D eigenvalue weighted by Crippen LogP contribution is -2.22. The van der Waals surface area contributed by atoms with Crippen LogP contribution < -0.4 is 5.32 Å². The second-order valence-corrected chi connectivity index (χ2v) is 11.1. The Morgan fingerprint density at radius 2 is 0.743 bits per heavy atom. The van der Waals surface area contributed by atoms with E-state index in [4.69, 9.17) is 0 Å². The van der Waals surface area contributed by atoms with Crippen molar-refractivity contribution in [1.29, 1.82) is 0 Å². The summed E-state index contributed by atoms with van der Waals surface area (Å²) in [5.74, 6) is -0.436. The Balaban J connectivity index is 1.66. The fourth-order valence-electron chi connectivity index (χ4n) is 5.27. The van der Waals surface area contributed by atoms with Crippen LogP contribution in [0.2, 0.25) is 0 Å². The quantitative estimate of drug-likeness (QED) is 0.0921. The third-order valence-electron chi connectivity index (χ3n) is 7.63. The van der Waals surface area contributed by atoms with Crippen LogP contribution in [0.15, 0.2) is 11.6 Å². The second-order valence-electron chi connectivity index (χ2n) is 11.1. The molecule has 0 aromatic heterocycles. The van der Waals surface area contributed by atoms with Crippen LogP contribution in [0.1, 0.15) is 180 Å². The van der Waals surface area contributed by atoms with E-state index >= 15 is 0 Å². The standard InChI is InChI=1S/C32H59NO2/c1-2-3-4-5-6-7-8-9-10-11-12-13-14-15-16-17-18-19-20-21-22-23-24-25-26-27-28-30-29-31(34)33-32(30)35/h29H,2-28H2,1H3,(H,33,34,35). The zero-order valence-corrected chi connectivity index (χ0v) is 23.5. The first-order valence-electron chi connectivity index (χ1n) is 15.8. The topological polar surface area (TPSA) is 46.2 Å². The fraction of sp³-hybridized carbons (Fsp3) is 0.875. The van der Waals surface area contributed by atoms with Crippen molar-refractivity contribution in [3.8, 4) is 0 Å². The number of amides is 2. The maximum Gasteiger partial charge on any atom is 0.254 e. The van der Waals surface area contributed by atoms with E-state index in [9.17, 15) is 9.59 Å². The summed E-state index contributed by atoms with van der Waals surface area (Å²) in [6.45, 7) is 2.30. The van der Waals surface area contributed by atoms with E-state index in [1.807, 2.05) is 0 Å². The molecule has 35 heavy (non-hydrogen) atoms. The molecule has 0 saturated heterocycles. The molecule has 0 bridgehead atoms. The first-order valence-corrected chi connectivity index (χ1v) is 15.8. The Morgan fingerprint density at radius 3 is 1.00 bits per heavy atom. The van der Waals surface area contributed by atoms with Gasteiger partial charge in [-0.2, -0.15) is 0 Å². The largest absolute Gasteiger partial charge is 0.289 e. The molecule has 3 nitrogen and oxygen atoms in total. The number of carbonyl (C=O) groups is 2. The van der Waals surface area contributed by atoms with Crippen molar-refractivity contribution in [2.45, 2.75) is 180 Å². The number of rotatable bonds is 27. The lowest BCUT2D eigenvalue weighted by Gasteiger charge is -2.04. The molecule has 0 aromatic carbocycles.